The molecule has 3 aromatic carbocycles. The number of carbonyl (C=O) groups excluding carboxylic acids is 1. The Morgan fingerprint density at radius 3 is 2.45 bits per heavy atom. The third-order valence-corrected chi connectivity index (χ3v) is 6.17. The number of imidazole rings is 1. The van der Waals surface area contributed by atoms with Gasteiger partial charge in [-0.2, -0.15) is 0 Å². The molecule has 4 aromatic rings. The number of aryl methyl sites for hydroxylation is 2. The number of rotatable bonds is 4. The van der Waals surface area contributed by atoms with Gasteiger partial charge < -0.3 is 9.47 Å². The van der Waals surface area contributed by atoms with Crippen LogP contribution in [0.25, 0.3) is 11.0 Å². The van der Waals surface area contributed by atoms with Gasteiger partial charge in [-0.15, -0.1) is 0 Å². The highest BCUT2D eigenvalue weighted by Gasteiger charge is 2.36. The summed E-state index contributed by atoms with van der Waals surface area (Å²) in [6, 6.07) is 20.8. The molecular weight excluding hydrogens is 389 g/mol. The van der Waals surface area contributed by atoms with E-state index >= 15 is 0 Å². The van der Waals surface area contributed by atoms with E-state index in [1.165, 1.54) is 6.07 Å². The zero-order chi connectivity index (χ0) is 21.5. The molecule has 1 fully saturated rings. The van der Waals surface area contributed by atoms with E-state index < -0.39 is 0 Å². The molecule has 1 amide bonds. The average molecular weight is 413 g/mol. The van der Waals surface area contributed by atoms with E-state index in [9.17, 15) is 9.18 Å². The minimum absolute atomic E-state index is 0.0503. The molecule has 1 saturated heterocycles. The molecule has 1 aliphatic heterocycles. The predicted octanol–water partition coefficient (Wildman–Crippen LogP) is 5.36. The molecule has 5 heteroatoms. The number of nitrogens with zero attached hydrogens (tertiary/aromatic N) is 3. The van der Waals surface area contributed by atoms with Crippen LogP contribution in [0.3, 0.4) is 0 Å². The van der Waals surface area contributed by atoms with Crippen molar-refractivity contribution in [3.63, 3.8) is 0 Å². The first kappa shape index (κ1) is 19.5. The fourth-order valence-electron chi connectivity index (χ4n) is 4.70. The Morgan fingerprint density at radius 2 is 1.68 bits per heavy atom. The van der Waals surface area contributed by atoms with Crippen molar-refractivity contribution in [3.8, 4) is 0 Å². The standard InChI is InChI=1S/C26H24FN3O/c1-17-8-7-9-18(2)25(17)30-16-20(14-24(30)31)26-28-22-12-5-6-13-23(22)29(26)15-19-10-3-4-11-21(19)27/h3-13,20H,14-16H2,1-2H3/t20-/m1/s1. The molecule has 1 atom stereocenters. The number of amides is 1. The Balaban J connectivity index is 1.56. The maximum atomic E-state index is 14.4. The zero-order valence-corrected chi connectivity index (χ0v) is 17.7. The second kappa shape index (κ2) is 7.65. The van der Waals surface area contributed by atoms with Gasteiger partial charge in [0.25, 0.3) is 0 Å². The second-order valence-electron chi connectivity index (χ2n) is 8.28. The molecule has 4 nitrogen and oxygen atoms in total. The summed E-state index contributed by atoms with van der Waals surface area (Å²) in [5, 5.41) is 0. The van der Waals surface area contributed by atoms with Crippen molar-refractivity contribution in [1.29, 1.82) is 0 Å². The van der Waals surface area contributed by atoms with Crippen molar-refractivity contribution in [3.05, 3.63) is 95.1 Å². The van der Waals surface area contributed by atoms with Gasteiger partial charge in [-0.05, 0) is 43.2 Å². The Hall–Kier alpha value is -3.47. The third-order valence-electron chi connectivity index (χ3n) is 6.17. The number of hydrogen-bond donors (Lipinski definition) is 0. The summed E-state index contributed by atoms with van der Waals surface area (Å²) in [7, 11) is 0. The molecule has 156 valence electrons. The minimum atomic E-state index is -0.231. The van der Waals surface area contributed by atoms with Crippen LogP contribution in [0.2, 0.25) is 0 Å². The highest BCUT2D eigenvalue weighted by Crippen LogP contribution is 2.36. The van der Waals surface area contributed by atoms with Gasteiger partial charge in [-0.1, -0.05) is 48.5 Å². The van der Waals surface area contributed by atoms with Gasteiger partial charge in [0.2, 0.25) is 5.91 Å². The first-order chi connectivity index (χ1) is 15.0. The molecule has 31 heavy (non-hydrogen) atoms. The fraction of sp³-hybridized carbons (Fsp3) is 0.231. The van der Waals surface area contributed by atoms with E-state index in [1.54, 1.807) is 12.1 Å². The van der Waals surface area contributed by atoms with Crippen LogP contribution in [0.4, 0.5) is 10.1 Å². The van der Waals surface area contributed by atoms with Crippen molar-refractivity contribution in [2.24, 2.45) is 0 Å². The quantitative estimate of drug-likeness (QED) is 0.452. The minimum Gasteiger partial charge on any atom is -0.323 e. The molecule has 5 rings (SSSR count). The van der Waals surface area contributed by atoms with Crippen molar-refractivity contribution in [2.45, 2.75) is 32.7 Å². The number of para-hydroxylation sites is 3. The van der Waals surface area contributed by atoms with E-state index in [2.05, 4.69) is 4.57 Å². The van der Waals surface area contributed by atoms with Crippen molar-refractivity contribution in [1.82, 2.24) is 9.55 Å². The molecule has 0 N–H and O–H groups in total. The first-order valence-corrected chi connectivity index (χ1v) is 10.6. The highest BCUT2D eigenvalue weighted by molar-refractivity contribution is 5.98. The number of carbonyl (C=O) groups is 1. The highest BCUT2D eigenvalue weighted by atomic mass is 19.1. The van der Waals surface area contributed by atoms with Crippen molar-refractivity contribution < 1.29 is 9.18 Å². The van der Waals surface area contributed by atoms with Crippen LogP contribution in [0.15, 0.2) is 66.7 Å². The van der Waals surface area contributed by atoms with Crippen LogP contribution >= 0.6 is 0 Å². The van der Waals surface area contributed by atoms with E-state index in [-0.39, 0.29) is 17.6 Å². The Kier molecular flexibility index (Phi) is 4.81. The summed E-state index contributed by atoms with van der Waals surface area (Å²) >= 11 is 0. The topological polar surface area (TPSA) is 38.1 Å². The van der Waals surface area contributed by atoms with Gasteiger partial charge in [0.15, 0.2) is 0 Å². The summed E-state index contributed by atoms with van der Waals surface area (Å²) < 4.78 is 16.5. The molecule has 0 unspecified atom stereocenters. The normalized spacial score (nSPS) is 16.4. The molecular formula is C26H24FN3O. The Morgan fingerprint density at radius 1 is 0.968 bits per heavy atom. The van der Waals surface area contributed by atoms with Gasteiger partial charge in [-0.3, -0.25) is 4.79 Å². The summed E-state index contributed by atoms with van der Waals surface area (Å²) in [4.78, 5) is 19.8. The summed E-state index contributed by atoms with van der Waals surface area (Å²) in [5.74, 6) is 0.662. The molecule has 0 bridgehead atoms. The van der Waals surface area contributed by atoms with Crippen LogP contribution < -0.4 is 4.90 Å². The monoisotopic (exact) mass is 413 g/mol. The number of anilines is 1. The molecule has 0 radical (unpaired) electrons. The predicted molar refractivity (Wildman–Crippen MR) is 121 cm³/mol. The van der Waals surface area contributed by atoms with Crippen LogP contribution in [-0.2, 0) is 11.3 Å². The third kappa shape index (κ3) is 3.40. The zero-order valence-electron chi connectivity index (χ0n) is 17.7. The molecule has 1 aromatic heterocycles. The van der Waals surface area contributed by atoms with Crippen molar-refractivity contribution in [2.75, 3.05) is 11.4 Å². The molecule has 1 aliphatic rings. The summed E-state index contributed by atoms with van der Waals surface area (Å²) in [6.45, 7) is 5.04. The first-order valence-electron chi connectivity index (χ1n) is 10.6. The average Bonchev–Trinajstić information content (AvgIpc) is 3.31. The summed E-state index contributed by atoms with van der Waals surface area (Å²) in [6.07, 6.45) is 0.397. The number of benzene rings is 3. The molecule has 0 spiro atoms. The van der Waals surface area contributed by atoms with E-state index in [0.29, 0.717) is 25.1 Å². The Bertz CT molecular complexity index is 1270. The van der Waals surface area contributed by atoms with Gasteiger partial charge >= 0.3 is 0 Å². The number of aromatic nitrogens is 2. The lowest BCUT2D eigenvalue weighted by Gasteiger charge is -2.21. The van der Waals surface area contributed by atoms with Crippen LogP contribution in [0.1, 0.15) is 34.9 Å². The van der Waals surface area contributed by atoms with E-state index in [4.69, 9.17) is 4.98 Å². The fourth-order valence-corrected chi connectivity index (χ4v) is 4.70. The lowest BCUT2D eigenvalue weighted by Crippen LogP contribution is -2.26. The molecule has 2 heterocycles. The molecule has 0 saturated carbocycles. The number of fused-ring (bicyclic) bond motifs is 1. The van der Waals surface area contributed by atoms with E-state index in [1.807, 2.05) is 67.3 Å². The van der Waals surface area contributed by atoms with Gasteiger partial charge in [0.1, 0.15) is 11.6 Å². The maximum absolute atomic E-state index is 14.4. The lowest BCUT2D eigenvalue weighted by atomic mass is 10.1. The van der Waals surface area contributed by atoms with Crippen LogP contribution in [0, 0.1) is 19.7 Å². The van der Waals surface area contributed by atoms with Gasteiger partial charge in [0.05, 0.1) is 17.6 Å². The maximum Gasteiger partial charge on any atom is 0.227 e. The SMILES string of the molecule is Cc1cccc(C)c1N1C[C@H](c2nc3ccccc3n2Cc2ccccc2F)CC1=O. The number of hydrogen-bond acceptors (Lipinski definition) is 2. The van der Waals surface area contributed by atoms with Crippen LogP contribution in [0.5, 0.6) is 0 Å². The molecule has 0 aliphatic carbocycles. The van der Waals surface area contributed by atoms with E-state index in [0.717, 1.165) is 33.7 Å². The van der Waals surface area contributed by atoms with Crippen molar-refractivity contribution >= 4 is 22.6 Å². The Labute approximate surface area is 181 Å². The van der Waals surface area contributed by atoms with Gasteiger partial charge in [0, 0.05) is 30.1 Å². The lowest BCUT2D eigenvalue weighted by molar-refractivity contribution is -0.117. The number of halogens is 1. The smallest absolute Gasteiger partial charge is 0.227 e. The van der Waals surface area contributed by atoms with Gasteiger partial charge in [-0.25, -0.2) is 9.37 Å². The largest absolute Gasteiger partial charge is 0.323 e. The van der Waals surface area contributed by atoms with Crippen LogP contribution in [-0.4, -0.2) is 22.0 Å². The second-order valence-corrected chi connectivity index (χ2v) is 8.28. The summed E-state index contributed by atoms with van der Waals surface area (Å²) in [5.41, 5.74) is 5.61.